The van der Waals surface area contributed by atoms with Crippen LogP contribution in [0.3, 0.4) is 0 Å². The molecule has 1 atom stereocenters. The summed E-state index contributed by atoms with van der Waals surface area (Å²) < 4.78 is 13.0. The maximum absolute atomic E-state index is 13.4. The zero-order chi connectivity index (χ0) is 27.3. The summed E-state index contributed by atoms with van der Waals surface area (Å²) in [6, 6.07) is 39.4. The van der Waals surface area contributed by atoms with E-state index in [-0.39, 0.29) is 23.7 Å². The van der Waals surface area contributed by atoms with Crippen LogP contribution in [0.2, 0.25) is 5.04 Å². The zero-order valence-electron chi connectivity index (χ0n) is 23.0. The summed E-state index contributed by atoms with van der Waals surface area (Å²) in [5.74, 6) is 0.144. The van der Waals surface area contributed by atoms with Crippen molar-refractivity contribution in [3.63, 3.8) is 0 Å². The van der Waals surface area contributed by atoms with Crippen LogP contribution in [-0.2, 0) is 22.2 Å². The molecule has 1 heterocycles. The number of amides is 1. The number of rotatable bonds is 7. The van der Waals surface area contributed by atoms with Gasteiger partial charge in [-0.3, -0.25) is 4.90 Å². The number of carbonyl (C=O) groups excluding carboxylic acids is 1. The van der Waals surface area contributed by atoms with E-state index >= 15 is 0 Å². The molecule has 1 amide bonds. The van der Waals surface area contributed by atoms with Crippen molar-refractivity contribution in [1.82, 2.24) is 0 Å². The Balaban J connectivity index is 1.42. The fraction of sp³-hybridized carbons (Fsp3) is 0.265. The third-order valence-electron chi connectivity index (χ3n) is 7.61. The second kappa shape index (κ2) is 11.6. The molecule has 4 aromatic carbocycles. The molecule has 0 aliphatic carbocycles. The molecule has 0 radical (unpaired) electrons. The van der Waals surface area contributed by atoms with Gasteiger partial charge in [-0.25, -0.2) is 4.79 Å². The molecular weight excluding hydrogens is 498 g/mol. The SMILES string of the molecule is CC(C)(C)[Si](OCC1Cc2ccccc2N(C(=O)OCc2ccccc2)C1)(c1ccccc1)c1ccccc1. The Bertz CT molecular complexity index is 1330. The number of carbonyl (C=O) groups is 1. The molecule has 4 aromatic rings. The number of hydrogen-bond donors (Lipinski definition) is 0. The molecular formula is C34H37NO3Si. The third kappa shape index (κ3) is 5.70. The zero-order valence-corrected chi connectivity index (χ0v) is 24.0. The van der Waals surface area contributed by atoms with Crippen LogP contribution in [0.5, 0.6) is 0 Å². The van der Waals surface area contributed by atoms with E-state index in [2.05, 4.69) is 87.5 Å². The molecule has 0 fully saturated rings. The molecule has 1 unspecified atom stereocenters. The number of hydrogen-bond acceptors (Lipinski definition) is 3. The van der Waals surface area contributed by atoms with E-state index in [0.717, 1.165) is 23.2 Å². The number of para-hydroxylation sites is 1. The summed E-state index contributed by atoms with van der Waals surface area (Å²) in [5, 5.41) is 2.43. The van der Waals surface area contributed by atoms with Crippen molar-refractivity contribution in [2.75, 3.05) is 18.1 Å². The van der Waals surface area contributed by atoms with E-state index in [1.165, 1.54) is 10.4 Å². The van der Waals surface area contributed by atoms with Gasteiger partial charge in [0.1, 0.15) is 6.61 Å². The monoisotopic (exact) mass is 535 g/mol. The standard InChI is InChI=1S/C34H37NO3Si/c1-34(2,3)39(30-18-9-5-10-19-30,31-20-11-6-12-21-31)38-26-28-23-29-17-13-14-22-32(29)35(24-28)33(36)37-25-27-15-7-4-8-16-27/h4-22,28H,23-26H2,1-3H3. The van der Waals surface area contributed by atoms with E-state index in [4.69, 9.17) is 9.16 Å². The second-order valence-corrected chi connectivity index (χ2v) is 15.6. The molecule has 1 aliphatic heterocycles. The van der Waals surface area contributed by atoms with E-state index in [9.17, 15) is 4.79 Å². The van der Waals surface area contributed by atoms with Gasteiger partial charge in [-0.15, -0.1) is 0 Å². The summed E-state index contributed by atoms with van der Waals surface area (Å²) in [7, 11) is -2.67. The van der Waals surface area contributed by atoms with Gasteiger partial charge in [-0.2, -0.15) is 0 Å². The van der Waals surface area contributed by atoms with Crippen LogP contribution in [0, 0.1) is 5.92 Å². The number of benzene rings is 4. The fourth-order valence-corrected chi connectivity index (χ4v) is 10.4. The molecule has 0 aromatic heterocycles. The summed E-state index contributed by atoms with van der Waals surface area (Å²) in [6.45, 7) is 8.25. The van der Waals surface area contributed by atoms with Crippen molar-refractivity contribution in [3.8, 4) is 0 Å². The van der Waals surface area contributed by atoms with Gasteiger partial charge in [0.05, 0.1) is 5.69 Å². The van der Waals surface area contributed by atoms with Crippen LogP contribution < -0.4 is 15.3 Å². The van der Waals surface area contributed by atoms with Crippen LogP contribution >= 0.6 is 0 Å². The Kier molecular flexibility index (Phi) is 8.01. The Labute approximate surface area is 233 Å². The Hall–Kier alpha value is -3.67. The average molecular weight is 536 g/mol. The lowest BCUT2D eigenvalue weighted by Gasteiger charge is -2.44. The first kappa shape index (κ1) is 26.9. The van der Waals surface area contributed by atoms with E-state index in [1.54, 1.807) is 4.90 Å². The molecule has 1 aliphatic rings. The molecule has 0 bridgehead atoms. The molecule has 0 saturated carbocycles. The van der Waals surface area contributed by atoms with Crippen molar-refractivity contribution in [2.24, 2.45) is 5.92 Å². The normalized spacial score (nSPS) is 15.5. The van der Waals surface area contributed by atoms with Gasteiger partial charge in [0.15, 0.2) is 0 Å². The largest absolute Gasteiger partial charge is 0.444 e. The van der Waals surface area contributed by atoms with Gasteiger partial charge in [-0.05, 0) is 39.0 Å². The number of anilines is 1. The van der Waals surface area contributed by atoms with Gasteiger partial charge in [0.2, 0.25) is 0 Å². The molecule has 5 rings (SSSR count). The Morgan fingerprint density at radius 1 is 0.795 bits per heavy atom. The first-order chi connectivity index (χ1) is 18.9. The molecule has 200 valence electrons. The van der Waals surface area contributed by atoms with Crippen LogP contribution in [0.1, 0.15) is 31.9 Å². The predicted molar refractivity (Wildman–Crippen MR) is 161 cm³/mol. The van der Waals surface area contributed by atoms with Gasteiger partial charge in [0.25, 0.3) is 8.32 Å². The van der Waals surface area contributed by atoms with Crippen LogP contribution in [-0.4, -0.2) is 27.6 Å². The van der Waals surface area contributed by atoms with Gasteiger partial charge in [0, 0.05) is 19.1 Å². The van der Waals surface area contributed by atoms with E-state index in [1.807, 2.05) is 48.5 Å². The summed E-state index contributed by atoms with van der Waals surface area (Å²) in [6.07, 6.45) is 0.540. The smallest absolute Gasteiger partial charge is 0.414 e. The minimum atomic E-state index is -2.67. The highest BCUT2D eigenvalue weighted by Gasteiger charge is 2.50. The first-order valence-electron chi connectivity index (χ1n) is 13.7. The fourth-order valence-electron chi connectivity index (χ4n) is 5.77. The molecule has 0 spiro atoms. The quantitative estimate of drug-likeness (QED) is 0.251. The Morgan fingerprint density at radius 2 is 1.33 bits per heavy atom. The lowest BCUT2D eigenvalue weighted by molar-refractivity contribution is 0.143. The summed E-state index contributed by atoms with van der Waals surface area (Å²) >= 11 is 0. The van der Waals surface area contributed by atoms with Crippen molar-refractivity contribution < 1.29 is 14.0 Å². The Morgan fingerprint density at radius 3 is 1.92 bits per heavy atom. The van der Waals surface area contributed by atoms with Crippen molar-refractivity contribution in [2.45, 2.75) is 38.8 Å². The highest BCUT2D eigenvalue weighted by Crippen LogP contribution is 2.38. The lowest BCUT2D eigenvalue weighted by Crippen LogP contribution is -2.67. The van der Waals surface area contributed by atoms with Crippen molar-refractivity contribution >= 4 is 30.5 Å². The van der Waals surface area contributed by atoms with E-state index in [0.29, 0.717) is 13.2 Å². The molecule has 5 heteroatoms. The van der Waals surface area contributed by atoms with Crippen LogP contribution in [0.25, 0.3) is 0 Å². The predicted octanol–water partition coefficient (Wildman–Crippen LogP) is 6.58. The van der Waals surface area contributed by atoms with Gasteiger partial charge in [-0.1, -0.05) is 130 Å². The van der Waals surface area contributed by atoms with Crippen molar-refractivity contribution in [1.29, 1.82) is 0 Å². The molecule has 0 N–H and O–H groups in total. The number of fused-ring (bicyclic) bond motifs is 1. The molecule has 39 heavy (non-hydrogen) atoms. The lowest BCUT2D eigenvalue weighted by atomic mass is 9.93. The van der Waals surface area contributed by atoms with Gasteiger partial charge < -0.3 is 9.16 Å². The summed E-state index contributed by atoms with van der Waals surface area (Å²) in [4.78, 5) is 15.1. The highest BCUT2D eigenvalue weighted by atomic mass is 28.4. The topological polar surface area (TPSA) is 38.8 Å². The highest BCUT2D eigenvalue weighted by molar-refractivity contribution is 6.99. The molecule has 0 saturated heterocycles. The minimum absolute atomic E-state index is 0.101. The van der Waals surface area contributed by atoms with Crippen molar-refractivity contribution in [3.05, 3.63) is 126 Å². The first-order valence-corrected chi connectivity index (χ1v) is 15.6. The maximum Gasteiger partial charge on any atom is 0.414 e. The number of nitrogens with zero attached hydrogens (tertiary/aromatic N) is 1. The maximum atomic E-state index is 13.4. The number of ether oxygens (including phenoxy) is 1. The summed E-state index contributed by atoms with van der Waals surface area (Å²) in [5.41, 5.74) is 3.05. The molecule has 4 nitrogen and oxygen atoms in total. The average Bonchev–Trinajstić information content (AvgIpc) is 2.97. The van der Waals surface area contributed by atoms with Crippen LogP contribution in [0.4, 0.5) is 10.5 Å². The minimum Gasteiger partial charge on any atom is -0.444 e. The second-order valence-electron chi connectivity index (χ2n) is 11.3. The van der Waals surface area contributed by atoms with E-state index < -0.39 is 8.32 Å². The van der Waals surface area contributed by atoms with Gasteiger partial charge >= 0.3 is 6.09 Å². The third-order valence-corrected chi connectivity index (χ3v) is 12.6. The van der Waals surface area contributed by atoms with Crippen LogP contribution in [0.15, 0.2) is 115 Å².